The summed E-state index contributed by atoms with van der Waals surface area (Å²) in [6.07, 6.45) is 0. The molecule has 0 atom stereocenters. The van der Waals surface area contributed by atoms with E-state index in [4.69, 9.17) is 9.47 Å². The van der Waals surface area contributed by atoms with Crippen LogP contribution in [0.1, 0.15) is 10.4 Å². The summed E-state index contributed by atoms with van der Waals surface area (Å²) in [4.78, 5) is 24.3. The van der Waals surface area contributed by atoms with Gasteiger partial charge in [0.15, 0.2) is 4.34 Å². The molecule has 0 saturated carbocycles. The maximum Gasteiger partial charge on any atom is 0.257 e. The number of rotatable bonds is 8. The molecular formula is C19H18N4O4S2. The third-order valence-corrected chi connectivity index (χ3v) is 5.65. The molecule has 3 rings (SSSR count). The van der Waals surface area contributed by atoms with Crippen molar-refractivity contribution < 1.29 is 19.1 Å². The van der Waals surface area contributed by atoms with Crippen molar-refractivity contribution in [3.8, 4) is 11.5 Å². The van der Waals surface area contributed by atoms with Gasteiger partial charge in [-0.05, 0) is 48.5 Å². The van der Waals surface area contributed by atoms with Gasteiger partial charge < -0.3 is 14.8 Å². The van der Waals surface area contributed by atoms with E-state index in [-0.39, 0.29) is 17.6 Å². The van der Waals surface area contributed by atoms with Gasteiger partial charge in [-0.3, -0.25) is 14.9 Å². The molecule has 0 bridgehead atoms. The smallest absolute Gasteiger partial charge is 0.257 e. The van der Waals surface area contributed by atoms with Crippen LogP contribution in [0.15, 0.2) is 52.9 Å². The number of benzene rings is 2. The van der Waals surface area contributed by atoms with E-state index in [0.717, 1.165) is 5.75 Å². The van der Waals surface area contributed by atoms with E-state index in [1.165, 1.54) is 23.1 Å². The molecule has 0 fully saturated rings. The number of nitrogens with one attached hydrogen (secondary N) is 2. The summed E-state index contributed by atoms with van der Waals surface area (Å²) in [6.45, 7) is 0. The molecule has 0 aliphatic carbocycles. The average molecular weight is 431 g/mol. The number of carbonyl (C=O) groups excluding carboxylic acids is 2. The Morgan fingerprint density at radius 3 is 2.17 bits per heavy atom. The van der Waals surface area contributed by atoms with Crippen LogP contribution in [-0.2, 0) is 4.79 Å². The molecule has 2 aromatic carbocycles. The number of anilines is 2. The fraction of sp³-hybridized carbons (Fsp3) is 0.158. The molecule has 1 aromatic heterocycles. The highest BCUT2D eigenvalue weighted by molar-refractivity contribution is 8.01. The number of aromatic nitrogens is 2. The molecule has 1 heterocycles. The number of nitrogens with zero attached hydrogens (tertiary/aromatic N) is 2. The second kappa shape index (κ2) is 9.89. The molecule has 10 heteroatoms. The Bertz CT molecular complexity index is 975. The predicted octanol–water partition coefficient (Wildman–Crippen LogP) is 3.54. The van der Waals surface area contributed by atoms with E-state index in [9.17, 15) is 9.59 Å². The highest BCUT2D eigenvalue weighted by atomic mass is 32.2. The van der Waals surface area contributed by atoms with Crippen LogP contribution in [0.2, 0.25) is 0 Å². The van der Waals surface area contributed by atoms with E-state index in [1.807, 2.05) is 0 Å². The van der Waals surface area contributed by atoms with Crippen LogP contribution in [0.4, 0.5) is 10.8 Å². The molecule has 0 saturated heterocycles. The van der Waals surface area contributed by atoms with Crippen LogP contribution in [-0.4, -0.2) is 42.0 Å². The highest BCUT2D eigenvalue weighted by Crippen LogP contribution is 2.26. The molecule has 29 heavy (non-hydrogen) atoms. The first-order chi connectivity index (χ1) is 14.1. The zero-order valence-corrected chi connectivity index (χ0v) is 17.3. The van der Waals surface area contributed by atoms with Crippen molar-refractivity contribution in [2.75, 3.05) is 30.6 Å². The van der Waals surface area contributed by atoms with Crippen molar-refractivity contribution in [3.63, 3.8) is 0 Å². The van der Waals surface area contributed by atoms with Crippen LogP contribution in [0.25, 0.3) is 0 Å². The SMILES string of the molecule is COc1ccc(NC(=O)CSc2nnc(NC(=O)c3ccc(OC)cc3)s2)cc1. The van der Waals surface area contributed by atoms with Gasteiger partial charge in [0.2, 0.25) is 11.0 Å². The van der Waals surface area contributed by atoms with Gasteiger partial charge in [0, 0.05) is 11.3 Å². The lowest BCUT2D eigenvalue weighted by molar-refractivity contribution is -0.113. The Morgan fingerprint density at radius 1 is 0.931 bits per heavy atom. The van der Waals surface area contributed by atoms with Crippen LogP contribution in [0.3, 0.4) is 0 Å². The molecule has 0 aliphatic heterocycles. The minimum Gasteiger partial charge on any atom is -0.497 e. The summed E-state index contributed by atoms with van der Waals surface area (Å²) < 4.78 is 10.7. The minimum atomic E-state index is -0.294. The second-order valence-corrected chi connectivity index (χ2v) is 7.82. The molecule has 0 unspecified atom stereocenters. The van der Waals surface area contributed by atoms with Crippen LogP contribution >= 0.6 is 23.1 Å². The Balaban J connectivity index is 1.48. The molecular weight excluding hydrogens is 412 g/mol. The number of hydrogen-bond acceptors (Lipinski definition) is 8. The van der Waals surface area contributed by atoms with Crippen LogP contribution in [0.5, 0.6) is 11.5 Å². The van der Waals surface area contributed by atoms with Gasteiger partial charge in [0.05, 0.1) is 20.0 Å². The van der Waals surface area contributed by atoms with Crippen molar-refractivity contribution in [2.45, 2.75) is 4.34 Å². The Morgan fingerprint density at radius 2 is 1.55 bits per heavy atom. The van der Waals surface area contributed by atoms with Gasteiger partial charge in [-0.15, -0.1) is 10.2 Å². The summed E-state index contributed by atoms with van der Waals surface area (Å²) in [5.41, 5.74) is 1.16. The standard InChI is InChI=1S/C19H18N4O4S2/c1-26-14-7-3-12(4-8-14)17(25)21-18-22-23-19(29-18)28-11-16(24)20-13-5-9-15(27-2)10-6-13/h3-10H,11H2,1-2H3,(H,20,24)(H,21,22,25). The Labute approximate surface area is 175 Å². The van der Waals surface area contributed by atoms with E-state index in [2.05, 4.69) is 20.8 Å². The highest BCUT2D eigenvalue weighted by Gasteiger charge is 2.12. The lowest BCUT2D eigenvalue weighted by Crippen LogP contribution is -2.13. The second-order valence-electron chi connectivity index (χ2n) is 5.62. The predicted molar refractivity (Wildman–Crippen MR) is 113 cm³/mol. The summed E-state index contributed by atoms with van der Waals surface area (Å²) in [5, 5.41) is 13.8. The maximum absolute atomic E-state index is 12.2. The lowest BCUT2D eigenvalue weighted by Gasteiger charge is -2.05. The first-order valence-corrected chi connectivity index (χ1v) is 10.2. The van der Waals surface area contributed by atoms with Gasteiger partial charge in [0.25, 0.3) is 5.91 Å². The quantitative estimate of drug-likeness (QED) is 0.416. The Hall–Kier alpha value is -3.11. The Kier molecular flexibility index (Phi) is 7.04. The number of carbonyl (C=O) groups is 2. The third kappa shape index (κ3) is 5.93. The van der Waals surface area contributed by atoms with E-state index >= 15 is 0 Å². The molecule has 0 radical (unpaired) electrons. The minimum absolute atomic E-state index is 0.167. The number of methoxy groups -OCH3 is 2. The molecule has 2 amide bonds. The van der Waals surface area contributed by atoms with Crippen molar-refractivity contribution in [3.05, 3.63) is 54.1 Å². The van der Waals surface area contributed by atoms with Gasteiger partial charge in [0.1, 0.15) is 11.5 Å². The summed E-state index contributed by atoms with van der Waals surface area (Å²) >= 11 is 2.45. The lowest BCUT2D eigenvalue weighted by atomic mass is 10.2. The van der Waals surface area contributed by atoms with Crippen LogP contribution < -0.4 is 20.1 Å². The zero-order valence-electron chi connectivity index (χ0n) is 15.7. The van der Waals surface area contributed by atoms with Crippen molar-refractivity contribution in [1.29, 1.82) is 0 Å². The van der Waals surface area contributed by atoms with Gasteiger partial charge >= 0.3 is 0 Å². The number of hydrogen-bond donors (Lipinski definition) is 2. The normalized spacial score (nSPS) is 10.3. The number of ether oxygens (including phenoxy) is 2. The fourth-order valence-corrected chi connectivity index (χ4v) is 3.78. The molecule has 0 spiro atoms. The first kappa shape index (κ1) is 20.6. The fourth-order valence-electron chi connectivity index (χ4n) is 2.23. The summed E-state index contributed by atoms with van der Waals surface area (Å²) in [5.74, 6) is 1.10. The monoisotopic (exact) mass is 430 g/mol. The summed E-state index contributed by atoms with van der Waals surface area (Å²) in [7, 11) is 3.15. The topological polar surface area (TPSA) is 102 Å². The average Bonchev–Trinajstić information content (AvgIpc) is 3.20. The van der Waals surface area contributed by atoms with E-state index in [0.29, 0.717) is 26.5 Å². The molecule has 3 aromatic rings. The molecule has 150 valence electrons. The first-order valence-electron chi connectivity index (χ1n) is 8.43. The molecule has 8 nitrogen and oxygen atoms in total. The number of thioether (sulfide) groups is 1. The van der Waals surface area contributed by atoms with E-state index in [1.54, 1.807) is 62.8 Å². The maximum atomic E-state index is 12.2. The van der Waals surface area contributed by atoms with E-state index < -0.39 is 0 Å². The van der Waals surface area contributed by atoms with Crippen molar-refractivity contribution >= 4 is 45.7 Å². The molecule has 0 aliphatic rings. The van der Waals surface area contributed by atoms with Gasteiger partial charge in [-0.25, -0.2) is 0 Å². The third-order valence-electron chi connectivity index (χ3n) is 3.68. The largest absolute Gasteiger partial charge is 0.497 e. The van der Waals surface area contributed by atoms with Gasteiger partial charge in [-0.2, -0.15) is 0 Å². The van der Waals surface area contributed by atoms with Crippen LogP contribution in [0, 0.1) is 0 Å². The van der Waals surface area contributed by atoms with Gasteiger partial charge in [-0.1, -0.05) is 23.1 Å². The summed E-state index contributed by atoms with van der Waals surface area (Å²) in [6, 6.07) is 13.8. The molecule has 2 N–H and O–H groups in total. The number of amides is 2. The zero-order chi connectivity index (χ0) is 20.6. The van der Waals surface area contributed by atoms with Crippen molar-refractivity contribution in [2.24, 2.45) is 0 Å². The van der Waals surface area contributed by atoms with Crippen molar-refractivity contribution in [1.82, 2.24) is 10.2 Å².